The predicted molar refractivity (Wildman–Crippen MR) is 134 cm³/mol. The van der Waals surface area contributed by atoms with Gasteiger partial charge in [0.05, 0.1) is 28.0 Å². The molecule has 6 rings (SSSR count). The van der Waals surface area contributed by atoms with Gasteiger partial charge in [-0.2, -0.15) is 14.9 Å². The minimum Gasteiger partial charge on any atom is -0.322 e. The monoisotopic (exact) mass is 463 g/mol. The van der Waals surface area contributed by atoms with Crippen LogP contribution in [0.25, 0.3) is 22.5 Å². The van der Waals surface area contributed by atoms with Gasteiger partial charge in [0.1, 0.15) is 0 Å². The van der Waals surface area contributed by atoms with E-state index in [0.717, 1.165) is 46.7 Å². The quantitative estimate of drug-likeness (QED) is 0.394. The second kappa shape index (κ2) is 8.16. The van der Waals surface area contributed by atoms with Gasteiger partial charge in [-0.3, -0.25) is 4.79 Å². The molecule has 0 saturated heterocycles. The van der Waals surface area contributed by atoms with Crippen LogP contribution in [-0.2, 0) is 0 Å². The zero-order valence-corrected chi connectivity index (χ0v) is 19.9. The Kier molecular flexibility index (Phi) is 4.95. The summed E-state index contributed by atoms with van der Waals surface area (Å²) in [6, 6.07) is 17.3. The number of fused-ring (bicyclic) bond motifs is 1. The number of nitrogens with zero attached hydrogens (tertiary/aromatic N) is 6. The first-order valence-electron chi connectivity index (χ1n) is 11.7. The van der Waals surface area contributed by atoms with Crippen molar-refractivity contribution < 1.29 is 4.79 Å². The Balaban J connectivity index is 1.42. The van der Waals surface area contributed by atoms with Gasteiger partial charge in [-0.05, 0) is 76.1 Å². The molecule has 1 fully saturated rings. The van der Waals surface area contributed by atoms with Gasteiger partial charge in [-0.15, -0.1) is 0 Å². The number of anilines is 1. The van der Waals surface area contributed by atoms with Crippen molar-refractivity contribution in [3.8, 4) is 11.5 Å². The molecule has 1 aliphatic rings. The summed E-state index contributed by atoms with van der Waals surface area (Å²) in [5.74, 6) is 0.871. The van der Waals surface area contributed by atoms with Gasteiger partial charge in [0, 0.05) is 29.2 Å². The summed E-state index contributed by atoms with van der Waals surface area (Å²) < 4.78 is 3.61. The summed E-state index contributed by atoms with van der Waals surface area (Å²) in [4.78, 5) is 23.0. The van der Waals surface area contributed by atoms with Crippen LogP contribution in [0.2, 0.25) is 0 Å². The number of aromatic nitrogens is 6. The SMILES string of the molecule is Cc1cc(C)n(-c2cccc(NC(=O)c3cc(C4CC4)nc4c3c(C)nn4-c3ccccn3)c2)n1. The summed E-state index contributed by atoms with van der Waals surface area (Å²) in [5, 5.41) is 13.1. The normalized spacial score (nSPS) is 13.3. The molecule has 4 aromatic heterocycles. The lowest BCUT2D eigenvalue weighted by molar-refractivity contribution is 0.102. The minimum atomic E-state index is -0.187. The molecule has 8 nitrogen and oxygen atoms in total. The van der Waals surface area contributed by atoms with Crippen LogP contribution >= 0.6 is 0 Å². The maximum Gasteiger partial charge on any atom is 0.256 e. The van der Waals surface area contributed by atoms with Gasteiger partial charge in [-0.1, -0.05) is 12.1 Å². The fraction of sp³-hybridized carbons (Fsp3) is 0.222. The van der Waals surface area contributed by atoms with Gasteiger partial charge in [0.2, 0.25) is 0 Å². The van der Waals surface area contributed by atoms with Crippen LogP contribution in [0.3, 0.4) is 0 Å². The summed E-state index contributed by atoms with van der Waals surface area (Å²) in [6.07, 6.45) is 3.90. The van der Waals surface area contributed by atoms with E-state index in [1.54, 1.807) is 10.9 Å². The molecule has 0 radical (unpaired) electrons. The number of carbonyl (C=O) groups excluding carboxylic acids is 1. The first kappa shape index (κ1) is 21.2. The highest BCUT2D eigenvalue weighted by Gasteiger charge is 2.29. The first-order chi connectivity index (χ1) is 17.0. The lowest BCUT2D eigenvalue weighted by atomic mass is 10.1. The van der Waals surface area contributed by atoms with Crippen molar-refractivity contribution in [3.05, 3.63) is 89.1 Å². The van der Waals surface area contributed by atoms with Crippen LogP contribution in [-0.4, -0.2) is 35.4 Å². The Labute approximate surface area is 202 Å². The molecule has 0 spiro atoms. The van der Waals surface area contributed by atoms with Crippen molar-refractivity contribution in [1.82, 2.24) is 29.5 Å². The molecule has 1 saturated carbocycles. The van der Waals surface area contributed by atoms with E-state index in [2.05, 4.69) is 15.4 Å². The Morgan fingerprint density at radius 1 is 0.971 bits per heavy atom. The number of amides is 1. The van der Waals surface area contributed by atoms with Gasteiger partial charge in [0.25, 0.3) is 5.91 Å². The van der Waals surface area contributed by atoms with E-state index in [4.69, 9.17) is 10.1 Å². The maximum atomic E-state index is 13.6. The number of hydrogen-bond donors (Lipinski definition) is 1. The number of carbonyl (C=O) groups is 1. The van der Waals surface area contributed by atoms with Gasteiger partial charge in [-0.25, -0.2) is 14.6 Å². The van der Waals surface area contributed by atoms with E-state index in [-0.39, 0.29) is 5.91 Å². The number of nitrogens with one attached hydrogen (secondary N) is 1. The highest BCUT2D eigenvalue weighted by atomic mass is 16.1. The second-order valence-electron chi connectivity index (χ2n) is 9.10. The molecule has 1 aliphatic carbocycles. The number of aryl methyl sites for hydroxylation is 3. The van der Waals surface area contributed by atoms with E-state index in [0.29, 0.717) is 28.6 Å². The molecule has 0 aliphatic heterocycles. The summed E-state index contributed by atoms with van der Waals surface area (Å²) in [7, 11) is 0. The molecule has 1 aromatic carbocycles. The molecule has 174 valence electrons. The summed E-state index contributed by atoms with van der Waals surface area (Å²) in [5.41, 5.74) is 6.48. The van der Waals surface area contributed by atoms with Crippen LogP contribution in [0, 0.1) is 20.8 Å². The zero-order valence-electron chi connectivity index (χ0n) is 19.9. The van der Waals surface area contributed by atoms with Crippen molar-refractivity contribution in [2.75, 3.05) is 5.32 Å². The Hall–Kier alpha value is -4.33. The first-order valence-corrected chi connectivity index (χ1v) is 11.7. The van der Waals surface area contributed by atoms with Gasteiger partial charge < -0.3 is 5.32 Å². The maximum absolute atomic E-state index is 13.6. The van der Waals surface area contributed by atoms with E-state index in [9.17, 15) is 4.79 Å². The number of benzene rings is 1. The lowest BCUT2D eigenvalue weighted by Gasteiger charge is -2.11. The molecule has 0 bridgehead atoms. The van der Waals surface area contributed by atoms with Crippen LogP contribution in [0.4, 0.5) is 5.69 Å². The van der Waals surface area contributed by atoms with Crippen molar-refractivity contribution in [1.29, 1.82) is 0 Å². The minimum absolute atomic E-state index is 0.187. The molecule has 1 N–H and O–H groups in total. The van der Waals surface area contributed by atoms with Crippen LogP contribution < -0.4 is 5.32 Å². The second-order valence-corrected chi connectivity index (χ2v) is 9.10. The van der Waals surface area contributed by atoms with Gasteiger partial charge >= 0.3 is 0 Å². The van der Waals surface area contributed by atoms with Crippen LogP contribution in [0.15, 0.2) is 60.8 Å². The fourth-order valence-corrected chi connectivity index (χ4v) is 4.52. The molecule has 8 heteroatoms. The zero-order chi connectivity index (χ0) is 24.1. The Morgan fingerprint density at radius 3 is 2.54 bits per heavy atom. The fourth-order valence-electron chi connectivity index (χ4n) is 4.52. The van der Waals surface area contributed by atoms with E-state index < -0.39 is 0 Å². The van der Waals surface area contributed by atoms with Crippen molar-refractivity contribution >= 4 is 22.6 Å². The van der Waals surface area contributed by atoms with Crippen molar-refractivity contribution in [2.45, 2.75) is 39.5 Å². The standard InChI is InChI=1S/C27H25N7O/c1-16-13-17(2)33(31-16)21-8-6-7-20(14-21)29-27(35)22-15-23(19-10-11-19)30-26-25(22)18(3)32-34(26)24-9-4-5-12-28-24/h4-9,12-15,19H,10-11H2,1-3H3,(H,29,35). The average Bonchev–Trinajstić information content (AvgIpc) is 3.58. The largest absolute Gasteiger partial charge is 0.322 e. The summed E-state index contributed by atoms with van der Waals surface area (Å²) in [6.45, 7) is 5.88. The third-order valence-corrected chi connectivity index (χ3v) is 6.30. The number of pyridine rings is 2. The van der Waals surface area contributed by atoms with Gasteiger partial charge in [0.15, 0.2) is 11.5 Å². The van der Waals surface area contributed by atoms with Crippen molar-refractivity contribution in [3.63, 3.8) is 0 Å². The molecule has 0 atom stereocenters. The molecule has 4 heterocycles. The molecule has 5 aromatic rings. The number of hydrogen-bond acceptors (Lipinski definition) is 5. The topological polar surface area (TPSA) is 90.5 Å². The van der Waals surface area contributed by atoms with Crippen LogP contribution in [0.1, 0.15) is 51.9 Å². The molecule has 35 heavy (non-hydrogen) atoms. The van der Waals surface area contributed by atoms with E-state index in [1.807, 2.05) is 80.1 Å². The highest BCUT2D eigenvalue weighted by Crippen LogP contribution is 2.40. The average molecular weight is 464 g/mol. The third kappa shape index (κ3) is 3.86. The third-order valence-electron chi connectivity index (χ3n) is 6.30. The Bertz CT molecular complexity index is 1580. The highest BCUT2D eigenvalue weighted by molar-refractivity contribution is 6.13. The molecule has 1 amide bonds. The Morgan fingerprint density at radius 2 is 1.83 bits per heavy atom. The lowest BCUT2D eigenvalue weighted by Crippen LogP contribution is -2.14. The van der Waals surface area contributed by atoms with E-state index in [1.165, 1.54) is 0 Å². The summed E-state index contributed by atoms with van der Waals surface area (Å²) >= 11 is 0. The smallest absolute Gasteiger partial charge is 0.256 e. The molecular formula is C27H25N7O. The predicted octanol–water partition coefficient (Wildman–Crippen LogP) is 5.06. The molecular weight excluding hydrogens is 438 g/mol. The van der Waals surface area contributed by atoms with Crippen LogP contribution in [0.5, 0.6) is 0 Å². The number of rotatable bonds is 5. The van der Waals surface area contributed by atoms with E-state index >= 15 is 0 Å². The molecule has 0 unspecified atom stereocenters. The van der Waals surface area contributed by atoms with Crippen molar-refractivity contribution in [2.24, 2.45) is 0 Å².